The molecule has 13 nitrogen and oxygen atoms in total. The summed E-state index contributed by atoms with van der Waals surface area (Å²) in [4.78, 5) is 18.5. The molecule has 3 atom stereocenters. The van der Waals surface area contributed by atoms with Gasteiger partial charge in [-0.1, -0.05) is 18.1 Å². The third-order valence-electron chi connectivity index (χ3n) is 10.1. The number of alkyl halides is 5. The number of nitrogens with zero attached hydrogens (tertiary/aromatic N) is 6. The standard InChI is InChI=1S/C39H32F7N9O4S/c1-37(2,57)10-9-22-7-8-24(25-5-4-6-26-33(25)54(3)52-36(26)53-60(58,59)23-16-47-48-17-23)32(49-22)29(13-19-11-20(40)14-21(41)12-19)50-30(56)18-55-35-31(34(51-55)39(44,45)46)27-15-28(27)38(35,42)43/h4-8,11-12,14,16-17,27-29,57H,13,15,18H2,1-3H3,(H,47,48)(H,50,56)(H,52,53)/t27-,28+,29-/m0/s1. The SMILES string of the molecule is Cn1nc(NS(=O)(=O)c2cn[nH]c2)c2cccc(-c3ccc(C#CC(C)(C)O)nc3[C@H](Cc3cc(F)cc(F)c3)NC(=O)Cn3nc(C(F)(F)F)c4c3C(F)(F)[C@@H]3C[C@H]43)c21. The van der Waals surface area contributed by atoms with Crippen LogP contribution in [0.5, 0.6) is 0 Å². The lowest BCUT2D eigenvalue weighted by atomic mass is 9.93. The van der Waals surface area contributed by atoms with Crippen molar-refractivity contribution in [1.29, 1.82) is 0 Å². The lowest BCUT2D eigenvalue weighted by molar-refractivity contribution is -0.142. The molecule has 0 radical (unpaired) electrons. The van der Waals surface area contributed by atoms with Crippen molar-refractivity contribution in [2.45, 2.75) is 67.8 Å². The van der Waals surface area contributed by atoms with Crippen LogP contribution in [-0.2, 0) is 46.9 Å². The van der Waals surface area contributed by atoms with Gasteiger partial charge in [0.25, 0.3) is 15.9 Å². The number of anilines is 1. The van der Waals surface area contributed by atoms with Crippen LogP contribution < -0.4 is 10.0 Å². The number of halogens is 7. The summed E-state index contributed by atoms with van der Waals surface area (Å²) < 4.78 is 133. The Bertz CT molecular complexity index is 2850. The summed E-state index contributed by atoms with van der Waals surface area (Å²) in [6.45, 7) is 1.75. The lowest BCUT2D eigenvalue weighted by Gasteiger charge is -2.23. The number of rotatable bonds is 10. The molecule has 0 saturated heterocycles. The number of hydrogen-bond acceptors (Lipinski definition) is 8. The number of H-pyrrole nitrogens is 1. The molecule has 0 bridgehead atoms. The van der Waals surface area contributed by atoms with Gasteiger partial charge in [-0.25, -0.2) is 22.2 Å². The van der Waals surface area contributed by atoms with Crippen molar-refractivity contribution in [1.82, 2.24) is 40.1 Å². The molecule has 1 amide bonds. The molecule has 8 rings (SSSR count). The maximum atomic E-state index is 15.4. The third-order valence-corrected chi connectivity index (χ3v) is 11.4. The average Bonchev–Trinajstić information content (AvgIpc) is 3.40. The molecular formula is C39H32F7N9O4S. The smallest absolute Gasteiger partial charge is 0.378 e. The van der Waals surface area contributed by atoms with Crippen molar-refractivity contribution < 1.29 is 49.1 Å². The monoisotopic (exact) mass is 855 g/mol. The van der Waals surface area contributed by atoms with Gasteiger partial charge in [0, 0.05) is 47.3 Å². The van der Waals surface area contributed by atoms with E-state index in [1.54, 1.807) is 24.3 Å². The van der Waals surface area contributed by atoms with Gasteiger partial charge in [0.2, 0.25) is 5.91 Å². The van der Waals surface area contributed by atoms with E-state index in [9.17, 15) is 40.3 Å². The fourth-order valence-electron chi connectivity index (χ4n) is 7.61. The van der Waals surface area contributed by atoms with Gasteiger partial charge in [0.05, 0.1) is 23.4 Å². The zero-order chi connectivity index (χ0) is 43.1. The number of para-hydroxylation sites is 1. The Morgan fingerprint density at radius 1 is 1.08 bits per heavy atom. The fraction of sp³-hybridized carbons (Fsp3) is 0.308. The van der Waals surface area contributed by atoms with Crippen LogP contribution >= 0.6 is 0 Å². The van der Waals surface area contributed by atoms with E-state index in [0.717, 1.165) is 18.3 Å². The highest BCUT2D eigenvalue weighted by molar-refractivity contribution is 7.92. The summed E-state index contributed by atoms with van der Waals surface area (Å²) >= 11 is 0. The van der Waals surface area contributed by atoms with Crippen molar-refractivity contribution >= 4 is 32.7 Å². The van der Waals surface area contributed by atoms with E-state index in [1.807, 2.05) is 0 Å². The number of aryl methyl sites for hydroxylation is 1. The van der Waals surface area contributed by atoms with E-state index in [1.165, 1.54) is 37.8 Å². The summed E-state index contributed by atoms with van der Waals surface area (Å²) in [5.41, 5.74) is -3.67. The highest BCUT2D eigenvalue weighted by atomic mass is 32.2. The molecular weight excluding hydrogens is 824 g/mol. The number of carbonyl (C=O) groups is 1. The summed E-state index contributed by atoms with van der Waals surface area (Å²) in [6, 6.07) is 9.03. The van der Waals surface area contributed by atoms with Crippen LogP contribution in [0.4, 0.5) is 36.6 Å². The number of nitrogens with one attached hydrogen (secondary N) is 3. The van der Waals surface area contributed by atoms with Crippen LogP contribution in [-0.4, -0.2) is 59.8 Å². The van der Waals surface area contributed by atoms with E-state index in [2.05, 4.69) is 42.3 Å². The molecule has 2 aromatic carbocycles. The Kier molecular flexibility index (Phi) is 9.58. The van der Waals surface area contributed by atoms with Gasteiger partial charge in [-0.15, -0.1) is 0 Å². The number of carbonyl (C=O) groups excluding carboxylic acids is 1. The van der Waals surface area contributed by atoms with Crippen molar-refractivity contribution in [3.8, 4) is 23.0 Å². The quantitative estimate of drug-likeness (QED) is 0.0948. The number of aromatic nitrogens is 7. The Morgan fingerprint density at radius 3 is 2.48 bits per heavy atom. The average molecular weight is 856 g/mol. The molecule has 4 heterocycles. The zero-order valence-electron chi connectivity index (χ0n) is 31.5. The first-order chi connectivity index (χ1) is 28.1. The van der Waals surface area contributed by atoms with Crippen LogP contribution in [0.25, 0.3) is 22.0 Å². The third kappa shape index (κ3) is 7.56. The molecule has 6 aromatic rings. The molecule has 0 spiro atoms. The minimum atomic E-state index is -5.08. The van der Waals surface area contributed by atoms with Gasteiger partial charge in [-0.2, -0.15) is 37.2 Å². The molecule has 1 saturated carbocycles. The Balaban J connectivity index is 1.26. The van der Waals surface area contributed by atoms with Crippen molar-refractivity contribution in [2.75, 3.05) is 4.72 Å². The molecule has 4 aromatic heterocycles. The number of benzene rings is 2. The van der Waals surface area contributed by atoms with E-state index in [4.69, 9.17) is 4.98 Å². The zero-order valence-corrected chi connectivity index (χ0v) is 32.4. The maximum Gasteiger partial charge on any atom is 0.435 e. The van der Waals surface area contributed by atoms with Gasteiger partial charge < -0.3 is 10.4 Å². The Labute approximate surface area is 336 Å². The number of aromatic amines is 1. The van der Waals surface area contributed by atoms with Gasteiger partial charge in [-0.3, -0.25) is 24.0 Å². The van der Waals surface area contributed by atoms with Crippen LogP contribution in [0.1, 0.15) is 66.1 Å². The second-order valence-corrected chi connectivity index (χ2v) is 16.8. The number of pyridine rings is 1. The van der Waals surface area contributed by atoms with Gasteiger partial charge in [0.15, 0.2) is 11.5 Å². The first-order valence-electron chi connectivity index (χ1n) is 18.2. The first-order valence-corrected chi connectivity index (χ1v) is 19.6. The van der Waals surface area contributed by atoms with Gasteiger partial charge >= 0.3 is 6.18 Å². The molecule has 2 aliphatic rings. The molecule has 0 unspecified atom stereocenters. The van der Waals surface area contributed by atoms with Crippen LogP contribution in [0.15, 0.2) is 65.8 Å². The van der Waals surface area contributed by atoms with Crippen molar-refractivity contribution in [3.63, 3.8) is 0 Å². The minimum absolute atomic E-state index is 0.000769. The highest BCUT2D eigenvalue weighted by Crippen LogP contribution is 2.68. The van der Waals surface area contributed by atoms with Crippen LogP contribution in [0, 0.1) is 29.4 Å². The summed E-state index contributed by atoms with van der Waals surface area (Å²) in [6.07, 6.45) is -3.37. The second-order valence-electron chi connectivity index (χ2n) is 15.1. The van der Waals surface area contributed by atoms with Crippen LogP contribution in [0.3, 0.4) is 0 Å². The summed E-state index contributed by atoms with van der Waals surface area (Å²) in [7, 11) is -2.63. The molecule has 1 fully saturated rings. The van der Waals surface area contributed by atoms with E-state index in [0.29, 0.717) is 27.2 Å². The largest absolute Gasteiger partial charge is 0.435 e. The number of sulfonamides is 1. The van der Waals surface area contributed by atoms with Crippen molar-refractivity contribution in [3.05, 3.63) is 106 Å². The van der Waals surface area contributed by atoms with E-state index < -0.39 is 93.1 Å². The topological polar surface area (TPSA) is 173 Å². The summed E-state index contributed by atoms with van der Waals surface area (Å²) in [5, 5.41) is 27.2. The normalized spacial score (nSPS) is 17.4. The first kappa shape index (κ1) is 40.5. The number of aliphatic hydroxyl groups is 1. The predicted octanol–water partition coefficient (Wildman–Crippen LogP) is 6.08. The Hall–Kier alpha value is -6.27. The summed E-state index contributed by atoms with van der Waals surface area (Å²) in [5.74, 6) is -3.84. The number of hydrogen-bond donors (Lipinski definition) is 4. The predicted molar refractivity (Wildman–Crippen MR) is 199 cm³/mol. The second kappa shape index (κ2) is 14.2. The highest BCUT2D eigenvalue weighted by Gasteiger charge is 2.68. The van der Waals surface area contributed by atoms with Crippen LogP contribution in [0.2, 0.25) is 0 Å². The minimum Gasteiger partial charge on any atom is -0.378 e. The fourth-order valence-corrected chi connectivity index (χ4v) is 8.53. The molecule has 4 N–H and O–H groups in total. The number of fused-ring (bicyclic) bond motifs is 4. The number of amides is 1. The van der Waals surface area contributed by atoms with E-state index in [-0.39, 0.29) is 39.6 Å². The molecule has 21 heteroatoms. The molecule has 2 aliphatic carbocycles. The van der Waals surface area contributed by atoms with E-state index >= 15 is 8.78 Å². The molecule has 60 heavy (non-hydrogen) atoms. The van der Waals surface area contributed by atoms with Crippen molar-refractivity contribution in [2.24, 2.45) is 13.0 Å². The maximum absolute atomic E-state index is 15.4. The van der Waals surface area contributed by atoms with Gasteiger partial charge in [0.1, 0.15) is 40.1 Å². The molecule has 0 aliphatic heterocycles. The molecule has 312 valence electrons. The van der Waals surface area contributed by atoms with Gasteiger partial charge in [-0.05, 0) is 74.4 Å². The lowest BCUT2D eigenvalue weighted by Crippen LogP contribution is -2.35. The Morgan fingerprint density at radius 2 is 1.82 bits per heavy atom.